The second-order valence-corrected chi connectivity index (χ2v) is 5.52. The van der Waals surface area contributed by atoms with E-state index in [1.807, 2.05) is 13.0 Å². The first-order chi connectivity index (χ1) is 12.6. The number of nitrogens with one attached hydrogen (secondary N) is 2. The molecule has 0 atom stereocenters. The maximum atomic E-state index is 12.9. The first kappa shape index (κ1) is 23.1. The van der Waals surface area contributed by atoms with Crippen molar-refractivity contribution in [3.05, 3.63) is 65.5 Å². The minimum absolute atomic E-state index is 0. The highest BCUT2D eigenvalue weighted by Gasteiger charge is 2.04. The van der Waals surface area contributed by atoms with Crippen LogP contribution in [0.2, 0.25) is 0 Å². The van der Waals surface area contributed by atoms with Gasteiger partial charge in [-0.15, -0.1) is 24.0 Å². The molecule has 8 heteroatoms. The summed E-state index contributed by atoms with van der Waals surface area (Å²) in [5.41, 5.74) is 1.77. The summed E-state index contributed by atoms with van der Waals surface area (Å²) >= 11 is 0. The topological polar surface area (TPSA) is 45.7 Å². The van der Waals surface area contributed by atoms with Gasteiger partial charge in [-0.05, 0) is 42.3 Å². The zero-order valence-electron chi connectivity index (χ0n) is 14.9. The van der Waals surface area contributed by atoms with Crippen molar-refractivity contribution in [2.75, 3.05) is 13.2 Å². The van der Waals surface area contributed by atoms with Crippen LogP contribution in [0.25, 0.3) is 0 Å². The van der Waals surface area contributed by atoms with Gasteiger partial charge in [0.1, 0.15) is 18.2 Å². The number of ether oxygens (including phenoxy) is 1. The van der Waals surface area contributed by atoms with Crippen LogP contribution < -0.4 is 15.4 Å². The lowest BCUT2D eigenvalue weighted by Crippen LogP contribution is -2.36. The molecular weight excluding hydrogens is 470 g/mol. The highest BCUT2D eigenvalue weighted by Crippen LogP contribution is 2.15. The largest absolute Gasteiger partial charge is 0.488 e. The summed E-state index contributed by atoms with van der Waals surface area (Å²) in [5, 5.41) is 6.29. The molecule has 0 amide bonds. The van der Waals surface area contributed by atoms with Crippen molar-refractivity contribution >= 4 is 29.9 Å². The van der Waals surface area contributed by atoms with Crippen LogP contribution in [-0.2, 0) is 13.1 Å². The van der Waals surface area contributed by atoms with Gasteiger partial charge >= 0.3 is 0 Å². The summed E-state index contributed by atoms with van der Waals surface area (Å²) in [6, 6.07) is 13.1. The van der Waals surface area contributed by atoms with Gasteiger partial charge in [-0.2, -0.15) is 0 Å². The lowest BCUT2D eigenvalue weighted by Gasteiger charge is -2.12. The van der Waals surface area contributed by atoms with E-state index in [1.54, 1.807) is 30.3 Å². The van der Waals surface area contributed by atoms with Gasteiger partial charge in [0, 0.05) is 13.1 Å². The molecule has 0 fully saturated rings. The zero-order chi connectivity index (χ0) is 18.8. The molecule has 4 nitrogen and oxygen atoms in total. The molecule has 2 N–H and O–H groups in total. The van der Waals surface area contributed by atoms with Crippen LogP contribution in [0.1, 0.15) is 18.1 Å². The number of rotatable bonds is 8. The van der Waals surface area contributed by atoms with Crippen molar-refractivity contribution in [1.29, 1.82) is 0 Å². The van der Waals surface area contributed by atoms with Crippen molar-refractivity contribution in [1.82, 2.24) is 10.6 Å². The van der Waals surface area contributed by atoms with Crippen LogP contribution in [-0.4, -0.2) is 25.5 Å². The van der Waals surface area contributed by atoms with E-state index in [4.69, 9.17) is 4.74 Å². The molecule has 0 aliphatic rings. The van der Waals surface area contributed by atoms with Crippen LogP contribution in [0.15, 0.2) is 53.5 Å². The number of nitrogens with zero attached hydrogens (tertiary/aromatic N) is 1. The van der Waals surface area contributed by atoms with E-state index >= 15 is 0 Å². The Morgan fingerprint density at radius 3 is 2.48 bits per heavy atom. The predicted molar refractivity (Wildman–Crippen MR) is 111 cm³/mol. The van der Waals surface area contributed by atoms with Gasteiger partial charge < -0.3 is 15.4 Å². The number of aliphatic imine (C=N–C) groups is 1. The molecule has 148 valence electrons. The Morgan fingerprint density at radius 2 is 1.81 bits per heavy atom. The van der Waals surface area contributed by atoms with Crippen LogP contribution in [0.4, 0.5) is 13.2 Å². The van der Waals surface area contributed by atoms with E-state index in [-0.39, 0.29) is 29.8 Å². The van der Waals surface area contributed by atoms with Crippen molar-refractivity contribution in [2.45, 2.75) is 26.4 Å². The first-order valence-corrected chi connectivity index (χ1v) is 8.33. The Bertz CT molecular complexity index is 712. The number of guanidine groups is 1. The number of benzene rings is 2. The monoisotopic (exact) mass is 493 g/mol. The van der Waals surface area contributed by atoms with Gasteiger partial charge in [0.2, 0.25) is 0 Å². The van der Waals surface area contributed by atoms with E-state index in [1.165, 1.54) is 12.1 Å². The Labute approximate surface area is 174 Å². The number of alkyl halides is 2. The van der Waals surface area contributed by atoms with Crippen LogP contribution in [0, 0.1) is 5.82 Å². The third kappa shape index (κ3) is 8.98. The van der Waals surface area contributed by atoms with E-state index in [9.17, 15) is 13.2 Å². The Morgan fingerprint density at radius 1 is 1.07 bits per heavy atom. The zero-order valence-corrected chi connectivity index (χ0v) is 17.3. The minimum Gasteiger partial charge on any atom is -0.488 e. The summed E-state index contributed by atoms with van der Waals surface area (Å²) in [6.07, 6.45) is -2.51. The molecule has 0 radical (unpaired) electrons. The molecule has 0 heterocycles. The maximum absolute atomic E-state index is 12.9. The Kier molecular flexibility index (Phi) is 10.6. The molecule has 2 aromatic rings. The van der Waals surface area contributed by atoms with Gasteiger partial charge in [0.15, 0.2) is 5.96 Å². The van der Waals surface area contributed by atoms with E-state index in [0.717, 1.165) is 11.1 Å². The third-order valence-corrected chi connectivity index (χ3v) is 3.41. The maximum Gasteiger partial charge on any atom is 0.272 e. The summed E-state index contributed by atoms with van der Waals surface area (Å²) < 4.78 is 42.4. The van der Waals surface area contributed by atoms with Crippen molar-refractivity contribution in [3.8, 4) is 5.75 Å². The van der Waals surface area contributed by atoms with Gasteiger partial charge in [0.05, 0.1) is 6.54 Å². The fourth-order valence-corrected chi connectivity index (χ4v) is 2.19. The second-order valence-electron chi connectivity index (χ2n) is 5.52. The highest BCUT2D eigenvalue weighted by molar-refractivity contribution is 14.0. The van der Waals surface area contributed by atoms with Gasteiger partial charge in [0.25, 0.3) is 6.43 Å². The van der Waals surface area contributed by atoms with Crippen molar-refractivity contribution in [2.24, 2.45) is 4.99 Å². The number of hydrogen-bond donors (Lipinski definition) is 2. The van der Waals surface area contributed by atoms with Crippen LogP contribution >= 0.6 is 24.0 Å². The lowest BCUT2D eigenvalue weighted by molar-refractivity contribution is 0.0818. The summed E-state index contributed by atoms with van der Waals surface area (Å²) in [6.45, 7) is 2.88. The van der Waals surface area contributed by atoms with Gasteiger partial charge in [-0.1, -0.05) is 24.3 Å². The average molecular weight is 493 g/mol. The average Bonchev–Trinajstić information content (AvgIpc) is 2.64. The molecule has 0 bridgehead atoms. The quantitative estimate of drug-likeness (QED) is 0.327. The molecule has 0 unspecified atom stereocenters. The fourth-order valence-electron chi connectivity index (χ4n) is 2.19. The van der Waals surface area contributed by atoms with E-state index < -0.39 is 13.0 Å². The standard InChI is InChI=1S/C19H22F3N3O.HI/c1-2-23-19(24-11-14-6-8-16(20)9-7-14)25-12-15-4-3-5-17(10-15)26-13-18(21)22;/h3-10,18H,2,11-13H2,1H3,(H2,23,24,25);1H. The van der Waals surface area contributed by atoms with Gasteiger partial charge in [-0.25, -0.2) is 18.2 Å². The molecule has 0 spiro atoms. The Hall–Kier alpha value is -1.97. The summed E-state index contributed by atoms with van der Waals surface area (Å²) in [7, 11) is 0. The minimum atomic E-state index is -2.51. The third-order valence-electron chi connectivity index (χ3n) is 3.41. The Balaban J connectivity index is 0.00000364. The SMILES string of the molecule is CCNC(=NCc1cccc(OCC(F)F)c1)NCc1ccc(F)cc1.I. The summed E-state index contributed by atoms with van der Waals surface area (Å²) in [5.74, 6) is 0.723. The van der Waals surface area contributed by atoms with Crippen LogP contribution in [0.3, 0.4) is 0 Å². The highest BCUT2D eigenvalue weighted by atomic mass is 127. The fraction of sp³-hybridized carbons (Fsp3) is 0.316. The number of halogens is 4. The second kappa shape index (κ2) is 12.4. The molecule has 2 aromatic carbocycles. The predicted octanol–water partition coefficient (Wildman–Crippen LogP) is 4.34. The van der Waals surface area contributed by atoms with Crippen molar-refractivity contribution < 1.29 is 17.9 Å². The molecule has 2 rings (SSSR count). The molecule has 27 heavy (non-hydrogen) atoms. The first-order valence-electron chi connectivity index (χ1n) is 8.33. The summed E-state index contributed by atoms with van der Waals surface area (Å²) in [4.78, 5) is 4.47. The van der Waals surface area contributed by atoms with Crippen molar-refractivity contribution in [3.63, 3.8) is 0 Å². The smallest absolute Gasteiger partial charge is 0.272 e. The molecule has 0 aliphatic heterocycles. The number of hydrogen-bond acceptors (Lipinski definition) is 2. The molecule has 0 aromatic heterocycles. The van der Waals surface area contributed by atoms with Gasteiger partial charge in [-0.3, -0.25) is 0 Å². The lowest BCUT2D eigenvalue weighted by atomic mass is 10.2. The van der Waals surface area contributed by atoms with Crippen LogP contribution in [0.5, 0.6) is 5.75 Å². The molecular formula is C19H23F3IN3O. The van der Waals surface area contributed by atoms with E-state index in [2.05, 4.69) is 15.6 Å². The molecule has 0 saturated carbocycles. The normalized spacial score (nSPS) is 11.1. The molecule has 0 saturated heterocycles. The van der Waals surface area contributed by atoms with E-state index in [0.29, 0.717) is 31.3 Å². The molecule has 0 aliphatic carbocycles.